The molecule has 0 aromatic carbocycles. The molecule has 96 valence electrons. The molecule has 2 unspecified atom stereocenters. The number of nitrogens with two attached hydrogens (primary N) is 1. The predicted octanol–water partition coefficient (Wildman–Crippen LogP) is 0.457. The SMILES string of the molecule is CC1CN(C(=O)c2ccc(N)cn2)CC1C(=O)O. The third-order valence-corrected chi connectivity index (χ3v) is 3.22. The van der Waals surface area contributed by atoms with E-state index >= 15 is 0 Å². The summed E-state index contributed by atoms with van der Waals surface area (Å²) in [6.07, 6.45) is 1.42. The molecule has 1 aromatic rings. The van der Waals surface area contributed by atoms with E-state index in [0.717, 1.165) is 0 Å². The zero-order valence-electron chi connectivity index (χ0n) is 10.0. The lowest BCUT2D eigenvalue weighted by Gasteiger charge is -2.15. The van der Waals surface area contributed by atoms with Gasteiger partial charge in [0.2, 0.25) is 0 Å². The number of likely N-dealkylation sites (tertiary alicyclic amines) is 1. The molecule has 1 aliphatic heterocycles. The number of amides is 1. The third-order valence-electron chi connectivity index (χ3n) is 3.22. The Kier molecular flexibility index (Phi) is 3.18. The Bertz CT molecular complexity index is 472. The van der Waals surface area contributed by atoms with Crippen LogP contribution in [0.3, 0.4) is 0 Å². The molecule has 6 heteroatoms. The Morgan fingerprint density at radius 3 is 2.67 bits per heavy atom. The largest absolute Gasteiger partial charge is 0.481 e. The van der Waals surface area contributed by atoms with Crippen molar-refractivity contribution in [2.75, 3.05) is 18.8 Å². The van der Waals surface area contributed by atoms with Gasteiger partial charge < -0.3 is 15.7 Å². The van der Waals surface area contributed by atoms with Crippen molar-refractivity contribution in [1.29, 1.82) is 0 Å². The van der Waals surface area contributed by atoms with E-state index in [0.29, 0.717) is 17.9 Å². The van der Waals surface area contributed by atoms with Crippen molar-refractivity contribution in [3.63, 3.8) is 0 Å². The minimum atomic E-state index is -0.858. The Balaban J connectivity index is 2.12. The number of rotatable bonds is 2. The van der Waals surface area contributed by atoms with E-state index in [4.69, 9.17) is 10.8 Å². The van der Waals surface area contributed by atoms with Crippen LogP contribution in [0.4, 0.5) is 5.69 Å². The molecular weight excluding hydrogens is 234 g/mol. The highest BCUT2D eigenvalue weighted by atomic mass is 16.4. The van der Waals surface area contributed by atoms with Gasteiger partial charge >= 0.3 is 5.97 Å². The number of hydrogen-bond donors (Lipinski definition) is 2. The van der Waals surface area contributed by atoms with Crippen molar-refractivity contribution in [3.05, 3.63) is 24.0 Å². The van der Waals surface area contributed by atoms with Crippen LogP contribution in [0.15, 0.2) is 18.3 Å². The maximum Gasteiger partial charge on any atom is 0.308 e. The van der Waals surface area contributed by atoms with Crippen LogP contribution in [-0.4, -0.2) is 40.0 Å². The summed E-state index contributed by atoms with van der Waals surface area (Å²) in [6, 6.07) is 3.16. The highest BCUT2D eigenvalue weighted by molar-refractivity contribution is 5.93. The minimum Gasteiger partial charge on any atom is -0.481 e. The topological polar surface area (TPSA) is 96.5 Å². The molecule has 0 radical (unpaired) electrons. The summed E-state index contributed by atoms with van der Waals surface area (Å²) in [4.78, 5) is 28.6. The molecule has 2 atom stereocenters. The van der Waals surface area contributed by atoms with Crippen LogP contribution < -0.4 is 5.73 Å². The van der Waals surface area contributed by atoms with Crippen LogP contribution in [0.2, 0.25) is 0 Å². The van der Waals surface area contributed by atoms with E-state index < -0.39 is 11.9 Å². The summed E-state index contributed by atoms with van der Waals surface area (Å²) in [5.41, 5.74) is 6.28. The van der Waals surface area contributed by atoms with Crippen LogP contribution >= 0.6 is 0 Å². The number of nitrogen functional groups attached to an aromatic ring is 1. The first-order valence-corrected chi connectivity index (χ1v) is 5.72. The highest BCUT2D eigenvalue weighted by Crippen LogP contribution is 2.24. The van der Waals surface area contributed by atoms with E-state index in [1.807, 2.05) is 6.92 Å². The summed E-state index contributed by atoms with van der Waals surface area (Å²) in [6.45, 7) is 2.52. The Morgan fingerprint density at radius 1 is 1.44 bits per heavy atom. The predicted molar refractivity (Wildman–Crippen MR) is 64.8 cm³/mol. The zero-order chi connectivity index (χ0) is 13.3. The monoisotopic (exact) mass is 249 g/mol. The van der Waals surface area contributed by atoms with Crippen molar-refractivity contribution in [2.24, 2.45) is 11.8 Å². The minimum absolute atomic E-state index is 0.0415. The second-order valence-electron chi connectivity index (χ2n) is 4.61. The average Bonchev–Trinajstić information content (AvgIpc) is 2.71. The molecule has 18 heavy (non-hydrogen) atoms. The Labute approximate surface area is 104 Å². The molecule has 6 nitrogen and oxygen atoms in total. The standard InChI is InChI=1S/C12H15N3O3/c1-7-5-15(6-9(7)12(17)18)11(16)10-3-2-8(13)4-14-10/h2-4,7,9H,5-6,13H2,1H3,(H,17,18). The average molecular weight is 249 g/mol. The number of carboxylic acid groups (broad SMARTS) is 1. The molecule has 0 saturated carbocycles. The van der Waals surface area contributed by atoms with Crippen molar-refractivity contribution in [3.8, 4) is 0 Å². The molecule has 0 spiro atoms. The maximum absolute atomic E-state index is 12.1. The molecule has 1 aliphatic rings. The summed E-state index contributed by atoms with van der Waals surface area (Å²) in [7, 11) is 0. The van der Waals surface area contributed by atoms with Gasteiger partial charge in [-0.15, -0.1) is 0 Å². The van der Waals surface area contributed by atoms with Gasteiger partial charge in [-0.1, -0.05) is 6.92 Å². The first-order valence-electron chi connectivity index (χ1n) is 5.72. The van der Waals surface area contributed by atoms with E-state index in [-0.39, 0.29) is 18.4 Å². The number of carboxylic acids is 1. The molecule has 2 heterocycles. The molecule has 0 bridgehead atoms. The fourth-order valence-corrected chi connectivity index (χ4v) is 2.15. The van der Waals surface area contributed by atoms with Crippen molar-refractivity contribution in [2.45, 2.75) is 6.92 Å². The number of pyridine rings is 1. The van der Waals surface area contributed by atoms with Gasteiger partial charge in [-0.3, -0.25) is 9.59 Å². The number of carbonyl (C=O) groups is 2. The number of hydrogen-bond acceptors (Lipinski definition) is 4. The number of anilines is 1. The zero-order valence-corrected chi connectivity index (χ0v) is 10.0. The normalized spacial score (nSPS) is 23.1. The van der Waals surface area contributed by atoms with Gasteiger partial charge in [-0.05, 0) is 18.1 Å². The molecule has 2 rings (SSSR count). The summed E-state index contributed by atoms with van der Waals surface area (Å²) < 4.78 is 0. The molecule has 1 fully saturated rings. The quantitative estimate of drug-likeness (QED) is 0.793. The fourth-order valence-electron chi connectivity index (χ4n) is 2.15. The Morgan fingerprint density at radius 2 is 2.17 bits per heavy atom. The lowest BCUT2D eigenvalue weighted by atomic mass is 9.99. The highest BCUT2D eigenvalue weighted by Gasteiger charge is 2.37. The van der Waals surface area contributed by atoms with Crippen molar-refractivity contribution >= 4 is 17.6 Å². The van der Waals surface area contributed by atoms with Gasteiger partial charge in [-0.25, -0.2) is 4.98 Å². The van der Waals surface area contributed by atoms with Crippen molar-refractivity contribution < 1.29 is 14.7 Å². The molecule has 1 amide bonds. The van der Waals surface area contributed by atoms with Crippen LogP contribution in [0, 0.1) is 11.8 Å². The van der Waals surface area contributed by atoms with Gasteiger partial charge in [0.1, 0.15) is 5.69 Å². The lowest BCUT2D eigenvalue weighted by molar-refractivity contribution is -0.142. The molecule has 1 aromatic heterocycles. The van der Waals surface area contributed by atoms with Crippen LogP contribution in [0.1, 0.15) is 17.4 Å². The van der Waals surface area contributed by atoms with Crippen LogP contribution in [0.5, 0.6) is 0 Å². The third kappa shape index (κ3) is 2.27. The molecule has 1 saturated heterocycles. The fraction of sp³-hybridized carbons (Fsp3) is 0.417. The van der Waals surface area contributed by atoms with E-state index in [1.165, 1.54) is 11.1 Å². The smallest absolute Gasteiger partial charge is 0.308 e. The second-order valence-corrected chi connectivity index (χ2v) is 4.61. The Hall–Kier alpha value is -2.11. The van der Waals surface area contributed by atoms with Gasteiger partial charge in [0.25, 0.3) is 5.91 Å². The summed E-state index contributed by atoms with van der Waals surface area (Å²) in [5.74, 6) is -1.64. The number of nitrogens with zero attached hydrogens (tertiary/aromatic N) is 2. The summed E-state index contributed by atoms with van der Waals surface area (Å²) in [5, 5.41) is 9.02. The lowest BCUT2D eigenvalue weighted by Crippen LogP contribution is -2.30. The number of aliphatic carboxylic acids is 1. The first-order chi connectivity index (χ1) is 8.49. The van der Waals surface area contributed by atoms with Gasteiger partial charge in [-0.2, -0.15) is 0 Å². The van der Waals surface area contributed by atoms with Crippen LogP contribution in [0.25, 0.3) is 0 Å². The molecule has 3 N–H and O–H groups in total. The molecular formula is C12H15N3O3. The van der Waals surface area contributed by atoms with Crippen LogP contribution in [-0.2, 0) is 4.79 Å². The van der Waals surface area contributed by atoms with Gasteiger partial charge in [0.15, 0.2) is 0 Å². The number of aromatic nitrogens is 1. The molecule has 0 aliphatic carbocycles. The summed E-state index contributed by atoms with van der Waals surface area (Å²) >= 11 is 0. The van der Waals surface area contributed by atoms with E-state index in [2.05, 4.69) is 4.98 Å². The van der Waals surface area contributed by atoms with Gasteiger partial charge in [0.05, 0.1) is 17.8 Å². The van der Waals surface area contributed by atoms with Gasteiger partial charge in [0, 0.05) is 13.1 Å². The number of carbonyl (C=O) groups excluding carboxylic acids is 1. The van der Waals surface area contributed by atoms with E-state index in [1.54, 1.807) is 12.1 Å². The van der Waals surface area contributed by atoms with E-state index in [9.17, 15) is 9.59 Å². The second kappa shape index (κ2) is 4.64. The maximum atomic E-state index is 12.1. The first kappa shape index (κ1) is 12.3. The van der Waals surface area contributed by atoms with Crippen molar-refractivity contribution in [1.82, 2.24) is 9.88 Å².